The Labute approximate surface area is 158 Å². The zero-order chi connectivity index (χ0) is 19.7. The topological polar surface area (TPSA) is 106 Å². The zero-order valence-corrected chi connectivity index (χ0v) is 15.8. The van der Waals surface area contributed by atoms with Crippen molar-refractivity contribution >= 4 is 39.8 Å². The number of thioether (sulfide) groups is 1. The number of esters is 1. The minimum atomic E-state index is -0.675. The second-order valence-electron chi connectivity index (χ2n) is 6.06. The fraction of sp³-hybridized carbons (Fsp3) is 0.333. The molecule has 27 heavy (non-hydrogen) atoms. The number of methoxy groups -OCH3 is 2. The summed E-state index contributed by atoms with van der Waals surface area (Å²) in [7, 11) is 2.70. The number of H-pyrrole nitrogens is 1. The summed E-state index contributed by atoms with van der Waals surface area (Å²) in [4.78, 5) is 51.7. The van der Waals surface area contributed by atoms with E-state index in [1.807, 2.05) is 13.0 Å². The largest absolute Gasteiger partial charge is 0.495 e. The number of aromatic nitrogens is 1. The van der Waals surface area contributed by atoms with E-state index in [-0.39, 0.29) is 11.5 Å². The molecule has 142 valence electrons. The number of ether oxygens (including phenoxy) is 2. The summed E-state index contributed by atoms with van der Waals surface area (Å²) in [6.07, 6.45) is 0. The van der Waals surface area contributed by atoms with Crippen molar-refractivity contribution in [3.8, 4) is 5.75 Å². The highest BCUT2D eigenvalue weighted by Gasteiger charge is 2.44. The minimum Gasteiger partial charge on any atom is -0.495 e. The molecule has 2 amide bonds. The fourth-order valence-corrected chi connectivity index (χ4v) is 4.17. The number of fused-ring (bicyclic) bond motifs is 1. The Bertz CT molecular complexity index is 985. The van der Waals surface area contributed by atoms with Crippen LogP contribution in [0, 0.1) is 0 Å². The van der Waals surface area contributed by atoms with E-state index in [1.54, 1.807) is 12.1 Å². The first kappa shape index (κ1) is 19.0. The number of pyridine rings is 1. The maximum absolute atomic E-state index is 12.7. The molecule has 0 spiro atoms. The molecule has 1 saturated heterocycles. The maximum Gasteiger partial charge on any atom is 0.325 e. The van der Waals surface area contributed by atoms with Gasteiger partial charge in [-0.05, 0) is 17.7 Å². The molecule has 0 bridgehead atoms. The number of aromatic amines is 1. The Morgan fingerprint density at radius 3 is 2.63 bits per heavy atom. The molecule has 0 saturated carbocycles. The van der Waals surface area contributed by atoms with Crippen LogP contribution in [-0.2, 0) is 14.3 Å². The van der Waals surface area contributed by atoms with Crippen LogP contribution < -0.4 is 10.3 Å². The number of benzene rings is 1. The Hall–Kier alpha value is -2.81. The summed E-state index contributed by atoms with van der Waals surface area (Å²) in [5.41, 5.74) is 1.06. The lowest BCUT2D eigenvalue weighted by Gasteiger charge is -2.20. The lowest BCUT2D eigenvalue weighted by molar-refractivity contribution is -0.144. The van der Waals surface area contributed by atoms with Gasteiger partial charge in [-0.1, -0.05) is 24.8 Å². The number of nitrogens with zero attached hydrogens (tertiary/aromatic N) is 1. The van der Waals surface area contributed by atoms with E-state index in [2.05, 4.69) is 9.72 Å². The fourth-order valence-electron chi connectivity index (χ4n) is 3.10. The molecular weight excluding hydrogens is 372 g/mol. The van der Waals surface area contributed by atoms with E-state index in [1.165, 1.54) is 20.3 Å². The summed E-state index contributed by atoms with van der Waals surface area (Å²) in [6, 6.07) is 6.59. The van der Waals surface area contributed by atoms with Gasteiger partial charge in [0.2, 0.25) is 11.5 Å². The Balaban J connectivity index is 1.98. The van der Waals surface area contributed by atoms with Crippen LogP contribution in [0.1, 0.15) is 18.4 Å². The zero-order valence-electron chi connectivity index (χ0n) is 15.0. The number of imide groups is 1. The first-order valence-corrected chi connectivity index (χ1v) is 9.04. The van der Waals surface area contributed by atoms with Gasteiger partial charge < -0.3 is 14.5 Å². The molecule has 2 aromatic rings. The lowest BCUT2D eigenvalue weighted by atomic mass is 9.92. The van der Waals surface area contributed by atoms with Gasteiger partial charge in [0.15, 0.2) is 0 Å². The van der Waals surface area contributed by atoms with Gasteiger partial charge in [-0.2, -0.15) is 0 Å². The Kier molecular flexibility index (Phi) is 5.22. The number of hydrogen-bond donors (Lipinski definition) is 1. The monoisotopic (exact) mass is 390 g/mol. The van der Waals surface area contributed by atoms with Gasteiger partial charge in [0, 0.05) is 17.4 Å². The molecular formula is C18H18N2O6S. The summed E-state index contributed by atoms with van der Waals surface area (Å²) >= 11 is 0.885. The highest BCUT2D eigenvalue weighted by molar-refractivity contribution is 8.15. The molecule has 8 nitrogen and oxygen atoms in total. The molecule has 1 N–H and O–H groups in total. The summed E-state index contributed by atoms with van der Waals surface area (Å²) in [5.74, 6) is -0.921. The van der Waals surface area contributed by atoms with Gasteiger partial charge in [0.05, 0.1) is 19.7 Å². The van der Waals surface area contributed by atoms with Crippen LogP contribution in [0.3, 0.4) is 0 Å². The normalized spacial score (nSPS) is 18.0. The predicted octanol–water partition coefficient (Wildman–Crippen LogP) is 1.88. The van der Waals surface area contributed by atoms with E-state index in [9.17, 15) is 19.2 Å². The van der Waals surface area contributed by atoms with Crippen LogP contribution in [-0.4, -0.2) is 53.0 Å². The van der Waals surface area contributed by atoms with E-state index in [0.717, 1.165) is 27.6 Å². The molecule has 3 rings (SSSR count). The number of carbonyl (C=O) groups is 3. The van der Waals surface area contributed by atoms with Crippen molar-refractivity contribution in [3.05, 3.63) is 40.2 Å². The predicted molar refractivity (Wildman–Crippen MR) is 100 cm³/mol. The van der Waals surface area contributed by atoms with Gasteiger partial charge >= 0.3 is 5.97 Å². The molecule has 9 heteroatoms. The molecule has 2 unspecified atom stereocenters. The average Bonchev–Trinajstić information content (AvgIpc) is 2.94. The molecule has 1 fully saturated rings. The molecule has 1 aromatic heterocycles. The van der Waals surface area contributed by atoms with Crippen molar-refractivity contribution in [2.75, 3.05) is 20.8 Å². The van der Waals surface area contributed by atoms with Gasteiger partial charge in [-0.3, -0.25) is 24.1 Å². The Morgan fingerprint density at radius 1 is 1.22 bits per heavy atom. The third-order valence-corrected chi connectivity index (χ3v) is 5.81. The molecule has 1 aliphatic heterocycles. The van der Waals surface area contributed by atoms with Gasteiger partial charge in [0.1, 0.15) is 17.5 Å². The Morgan fingerprint density at radius 2 is 1.96 bits per heavy atom. The van der Waals surface area contributed by atoms with E-state index < -0.39 is 28.9 Å². The number of hydrogen-bond acceptors (Lipinski definition) is 7. The van der Waals surface area contributed by atoms with Crippen molar-refractivity contribution in [2.24, 2.45) is 0 Å². The van der Waals surface area contributed by atoms with E-state index >= 15 is 0 Å². The molecule has 1 aromatic carbocycles. The van der Waals surface area contributed by atoms with Crippen molar-refractivity contribution in [3.63, 3.8) is 0 Å². The summed E-state index contributed by atoms with van der Waals surface area (Å²) in [6.45, 7) is 1.43. The average molecular weight is 390 g/mol. The molecule has 0 radical (unpaired) electrons. The van der Waals surface area contributed by atoms with Crippen LogP contribution in [0.25, 0.3) is 10.9 Å². The summed E-state index contributed by atoms with van der Waals surface area (Å²) in [5, 5.41) is -0.423. The highest BCUT2D eigenvalue weighted by atomic mass is 32.2. The number of amides is 2. The van der Waals surface area contributed by atoms with Crippen molar-refractivity contribution in [2.45, 2.75) is 18.1 Å². The molecule has 1 aliphatic rings. The van der Waals surface area contributed by atoms with E-state index in [4.69, 9.17) is 4.74 Å². The molecule has 0 aliphatic carbocycles. The lowest BCUT2D eigenvalue weighted by Crippen LogP contribution is -2.37. The third-order valence-electron chi connectivity index (χ3n) is 4.53. The number of carbonyl (C=O) groups excluding carboxylic acids is 3. The van der Waals surface area contributed by atoms with Crippen molar-refractivity contribution < 1.29 is 23.9 Å². The van der Waals surface area contributed by atoms with Crippen LogP contribution in [0.4, 0.5) is 4.79 Å². The quantitative estimate of drug-likeness (QED) is 0.777. The second kappa shape index (κ2) is 7.43. The third kappa shape index (κ3) is 3.42. The standard InChI is InChI=1S/C18H18N2O6S/c1-9(16-17(23)20(18(24)27-16)8-14(22)26-3)10-4-6-12(25-2)15-11(10)5-7-13(21)19-15/h4-7,9,16H,8H2,1-3H3,(H,19,21). The summed E-state index contributed by atoms with van der Waals surface area (Å²) < 4.78 is 9.84. The molecule has 2 heterocycles. The highest BCUT2D eigenvalue weighted by Crippen LogP contribution is 2.40. The maximum atomic E-state index is 12.7. The van der Waals surface area contributed by atoms with Gasteiger partial charge in [0.25, 0.3) is 5.24 Å². The van der Waals surface area contributed by atoms with Gasteiger partial charge in [-0.25, -0.2) is 0 Å². The second-order valence-corrected chi connectivity index (χ2v) is 7.15. The van der Waals surface area contributed by atoms with Crippen LogP contribution in [0.2, 0.25) is 0 Å². The van der Waals surface area contributed by atoms with E-state index in [0.29, 0.717) is 11.3 Å². The smallest absolute Gasteiger partial charge is 0.325 e. The minimum absolute atomic E-state index is 0.267. The van der Waals surface area contributed by atoms with Crippen LogP contribution in [0.5, 0.6) is 5.75 Å². The van der Waals surface area contributed by atoms with Crippen LogP contribution >= 0.6 is 11.8 Å². The molecule has 2 atom stereocenters. The first-order chi connectivity index (χ1) is 12.9. The number of rotatable bonds is 5. The van der Waals surface area contributed by atoms with Gasteiger partial charge in [-0.15, -0.1) is 0 Å². The first-order valence-electron chi connectivity index (χ1n) is 8.16. The SMILES string of the molecule is COC(=O)CN1C(=O)SC(C(C)c2ccc(OC)c3[nH]c(=O)ccc23)C1=O. The van der Waals surface area contributed by atoms with Crippen molar-refractivity contribution in [1.29, 1.82) is 0 Å². The van der Waals surface area contributed by atoms with Crippen LogP contribution in [0.15, 0.2) is 29.1 Å². The number of nitrogens with one attached hydrogen (secondary N) is 1. The van der Waals surface area contributed by atoms with Crippen molar-refractivity contribution in [1.82, 2.24) is 9.88 Å².